The molecule has 2 rings (SSSR count). The Balaban J connectivity index is 2.15. The smallest absolute Gasteiger partial charge is 0.0770 e. The van der Waals surface area contributed by atoms with Crippen molar-refractivity contribution in [2.24, 2.45) is 5.73 Å². The van der Waals surface area contributed by atoms with Crippen LogP contribution in [-0.4, -0.2) is 11.0 Å². The summed E-state index contributed by atoms with van der Waals surface area (Å²) in [4.78, 5) is 4.19. The fraction of sp³-hybridized carbons (Fsp3) is 0.444. The Morgan fingerprint density at radius 1 is 1.58 bits per heavy atom. The van der Waals surface area contributed by atoms with Crippen LogP contribution in [0.3, 0.4) is 0 Å². The SMILES string of the molecule is NCc1ncccc1NC1CC1. The van der Waals surface area contributed by atoms with Gasteiger partial charge in [-0.2, -0.15) is 0 Å². The minimum absolute atomic E-state index is 0.510. The molecule has 1 aromatic heterocycles. The first-order valence-corrected chi connectivity index (χ1v) is 4.30. The summed E-state index contributed by atoms with van der Waals surface area (Å²) in [7, 11) is 0. The summed E-state index contributed by atoms with van der Waals surface area (Å²) in [6, 6.07) is 4.64. The molecular weight excluding hydrogens is 150 g/mol. The zero-order valence-corrected chi connectivity index (χ0v) is 6.96. The van der Waals surface area contributed by atoms with Gasteiger partial charge in [-0.25, -0.2) is 0 Å². The molecule has 1 aliphatic rings. The fourth-order valence-electron chi connectivity index (χ4n) is 1.18. The van der Waals surface area contributed by atoms with Gasteiger partial charge in [0.05, 0.1) is 11.4 Å². The predicted molar refractivity (Wildman–Crippen MR) is 48.8 cm³/mol. The van der Waals surface area contributed by atoms with Crippen molar-refractivity contribution in [2.45, 2.75) is 25.4 Å². The second-order valence-electron chi connectivity index (χ2n) is 3.12. The maximum absolute atomic E-state index is 5.54. The average molecular weight is 163 g/mol. The maximum atomic E-state index is 5.54. The number of aromatic nitrogens is 1. The van der Waals surface area contributed by atoms with E-state index in [1.165, 1.54) is 12.8 Å². The summed E-state index contributed by atoms with van der Waals surface area (Å²) >= 11 is 0. The number of rotatable bonds is 3. The first-order valence-electron chi connectivity index (χ1n) is 4.30. The standard InChI is InChI=1S/C9H13N3/c10-6-9-8(2-1-5-11-9)12-7-3-4-7/h1-2,5,7,12H,3-4,6,10H2. The van der Waals surface area contributed by atoms with E-state index in [4.69, 9.17) is 5.73 Å². The number of nitrogens with one attached hydrogen (secondary N) is 1. The van der Waals surface area contributed by atoms with Gasteiger partial charge in [0.25, 0.3) is 0 Å². The average Bonchev–Trinajstić information content (AvgIpc) is 2.89. The van der Waals surface area contributed by atoms with Crippen LogP contribution in [-0.2, 0) is 6.54 Å². The Bertz CT molecular complexity index is 268. The molecule has 0 radical (unpaired) electrons. The minimum atomic E-state index is 0.510. The molecule has 0 amide bonds. The third-order valence-corrected chi connectivity index (χ3v) is 2.02. The van der Waals surface area contributed by atoms with Crippen LogP contribution in [0.4, 0.5) is 5.69 Å². The van der Waals surface area contributed by atoms with Gasteiger partial charge in [0.15, 0.2) is 0 Å². The Morgan fingerprint density at radius 2 is 2.42 bits per heavy atom. The van der Waals surface area contributed by atoms with Crippen LogP contribution in [0.15, 0.2) is 18.3 Å². The van der Waals surface area contributed by atoms with E-state index in [1.54, 1.807) is 6.20 Å². The minimum Gasteiger partial charge on any atom is -0.381 e. The van der Waals surface area contributed by atoms with Crippen molar-refractivity contribution >= 4 is 5.69 Å². The lowest BCUT2D eigenvalue weighted by Gasteiger charge is -2.07. The highest BCUT2D eigenvalue weighted by atomic mass is 15.0. The quantitative estimate of drug-likeness (QED) is 0.702. The Labute approximate surface area is 72.0 Å². The maximum Gasteiger partial charge on any atom is 0.0770 e. The summed E-state index contributed by atoms with van der Waals surface area (Å²) < 4.78 is 0. The van der Waals surface area contributed by atoms with E-state index in [-0.39, 0.29) is 0 Å². The molecule has 0 spiro atoms. The summed E-state index contributed by atoms with van der Waals surface area (Å²) in [5.41, 5.74) is 7.61. The summed E-state index contributed by atoms with van der Waals surface area (Å²) in [6.45, 7) is 0.510. The van der Waals surface area contributed by atoms with E-state index >= 15 is 0 Å². The molecule has 0 aliphatic heterocycles. The molecule has 0 aromatic carbocycles. The topological polar surface area (TPSA) is 50.9 Å². The molecule has 0 bridgehead atoms. The highest BCUT2D eigenvalue weighted by Crippen LogP contribution is 2.25. The largest absolute Gasteiger partial charge is 0.381 e. The molecule has 0 saturated heterocycles. The normalized spacial score (nSPS) is 16.1. The lowest BCUT2D eigenvalue weighted by atomic mass is 10.3. The number of hydrogen-bond donors (Lipinski definition) is 2. The van der Waals surface area contributed by atoms with Gasteiger partial charge in [0, 0.05) is 18.8 Å². The predicted octanol–water partition coefficient (Wildman–Crippen LogP) is 1.11. The zero-order valence-electron chi connectivity index (χ0n) is 6.96. The van der Waals surface area contributed by atoms with Crippen molar-refractivity contribution in [1.29, 1.82) is 0 Å². The molecule has 3 heteroatoms. The van der Waals surface area contributed by atoms with Crippen molar-refractivity contribution < 1.29 is 0 Å². The van der Waals surface area contributed by atoms with E-state index in [9.17, 15) is 0 Å². The van der Waals surface area contributed by atoms with Gasteiger partial charge in [0.2, 0.25) is 0 Å². The van der Waals surface area contributed by atoms with E-state index < -0.39 is 0 Å². The Morgan fingerprint density at radius 3 is 3.08 bits per heavy atom. The molecule has 3 N–H and O–H groups in total. The summed E-state index contributed by atoms with van der Waals surface area (Å²) in [6.07, 6.45) is 4.33. The van der Waals surface area contributed by atoms with Crippen molar-refractivity contribution in [3.63, 3.8) is 0 Å². The molecule has 3 nitrogen and oxygen atoms in total. The number of nitrogens with zero attached hydrogens (tertiary/aromatic N) is 1. The lowest BCUT2D eigenvalue weighted by Crippen LogP contribution is -2.08. The number of hydrogen-bond acceptors (Lipinski definition) is 3. The van der Waals surface area contributed by atoms with Crippen LogP contribution in [0.25, 0.3) is 0 Å². The molecule has 1 aliphatic carbocycles. The number of nitrogens with two attached hydrogens (primary N) is 1. The van der Waals surface area contributed by atoms with Crippen molar-refractivity contribution in [3.8, 4) is 0 Å². The van der Waals surface area contributed by atoms with Crippen molar-refractivity contribution in [3.05, 3.63) is 24.0 Å². The van der Waals surface area contributed by atoms with E-state index in [0.717, 1.165) is 11.4 Å². The van der Waals surface area contributed by atoms with Gasteiger partial charge in [0.1, 0.15) is 0 Å². The van der Waals surface area contributed by atoms with Crippen LogP contribution >= 0.6 is 0 Å². The molecule has 64 valence electrons. The monoisotopic (exact) mass is 163 g/mol. The molecule has 0 atom stereocenters. The fourth-order valence-corrected chi connectivity index (χ4v) is 1.18. The second kappa shape index (κ2) is 3.11. The van der Waals surface area contributed by atoms with Crippen LogP contribution in [0.5, 0.6) is 0 Å². The molecule has 1 heterocycles. The van der Waals surface area contributed by atoms with Gasteiger partial charge in [-0.05, 0) is 25.0 Å². The van der Waals surface area contributed by atoms with Gasteiger partial charge >= 0.3 is 0 Å². The molecule has 12 heavy (non-hydrogen) atoms. The summed E-state index contributed by atoms with van der Waals surface area (Å²) in [5.74, 6) is 0. The highest BCUT2D eigenvalue weighted by molar-refractivity contribution is 5.49. The molecule has 1 aromatic rings. The van der Waals surface area contributed by atoms with Crippen LogP contribution in [0.1, 0.15) is 18.5 Å². The van der Waals surface area contributed by atoms with Crippen molar-refractivity contribution in [1.82, 2.24) is 4.98 Å². The van der Waals surface area contributed by atoms with E-state index in [2.05, 4.69) is 10.3 Å². The first-order chi connectivity index (χ1) is 5.90. The second-order valence-corrected chi connectivity index (χ2v) is 3.12. The number of pyridine rings is 1. The Kier molecular flexibility index (Phi) is 1.96. The highest BCUT2D eigenvalue weighted by Gasteiger charge is 2.21. The third-order valence-electron chi connectivity index (χ3n) is 2.02. The van der Waals surface area contributed by atoms with E-state index in [0.29, 0.717) is 12.6 Å². The third kappa shape index (κ3) is 1.56. The number of anilines is 1. The van der Waals surface area contributed by atoms with Gasteiger partial charge in [-0.1, -0.05) is 0 Å². The summed E-state index contributed by atoms with van der Waals surface area (Å²) in [5, 5.41) is 3.39. The van der Waals surface area contributed by atoms with Gasteiger partial charge in [-0.3, -0.25) is 4.98 Å². The first kappa shape index (κ1) is 7.55. The molecular formula is C9H13N3. The van der Waals surface area contributed by atoms with Gasteiger partial charge in [-0.15, -0.1) is 0 Å². The van der Waals surface area contributed by atoms with E-state index in [1.807, 2.05) is 12.1 Å². The Hall–Kier alpha value is -1.09. The van der Waals surface area contributed by atoms with Crippen molar-refractivity contribution in [2.75, 3.05) is 5.32 Å². The molecule has 1 saturated carbocycles. The lowest BCUT2D eigenvalue weighted by molar-refractivity contribution is 0.979. The molecule has 1 fully saturated rings. The zero-order chi connectivity index (χ0) is 8.39. The van der Waals surface area contributed by atoms with Crippen LogP contribution < -0.4 is 11.1 Å². The van der Waals surface area contributed by atoms with Crippen LogP contribution in [0.2, 0.25) is 0 Å². The molecule has 0 unspecified atom stereocenters. The van der Waals surface area contributed by atoms with Gasteiger partial charge < -0.3 is 11.1 Å². The van der Waals surface area contributed by atoms with Crippen LogP contribution in [0, 0.1) is 0 Å².